The van der Waals surface area contributed by atoms with Crippen molar-refractivity contribution in [2.75, 3.05) is 0 Å². The maximum atomic E-state index is 6.45. The highest BCUT2D eigenvalue weighted by atomic mass is 16.3. The molecular formula is C49H32O. The molecule has 1 heterocycles. The Morgan fingerprint density at radius 1 is 0.320 bits per heavy atom. The van der Waals surface area contributed by atoms with Gasteiger partial charge in [-0.05, 0) is 108 Å². The summed E-state index contributed by atoms with van der Waals surface area (Å²) in [4.78, 5) is 0. The lowest BCUT2D eigenvalue weighted by molar-refractivity contribution is 0.669. The van der Waals surface area contributed by atoms with E-state index in [9.17, 15) is 0 Å². The molecule has 10 aromatic rings. The van der Waals surface area contributed by atoms with Crippen molar-refractivity contribution in [2.24, 2.45) is 0 Å². The fourth-order valence-electron chi connectivity index (χ4n) is 7.90. The monoisotopic (exact) mass is 636 g/mol. The van der Waals surface area contributed by atoms with Crippen LogP contribution in [0.3, 0.4) is 0 Å². The number of hydrogen-bond donors (Lipinski definition) is 0. The SMILES string of the molecule is Cc1ccc(-c2ccc3c(c2)oc2ccc(-c4c5ccccc5c(-c5ccc(-c6cccc7ccccc67)cc5)c5ccccc45)cc23)cc1. The average molecular weight is 637 g/mol. The van der Waals surface area contributed by atoms with Gasteiger partial charge >= 0.3 is 0 Å². The molecule has 50 heavy (non-hydrogen) atoms. The van der Waals surface area contributed by atoms with Crippen LogP contribution in [0.4, 0.5) is 0 Å². The Hall–Kier alpha value is -6.44. The van der Waals surface area contributed by atoms with Crippen LogP contribution in [0.1, 0.15) is 5.56 Å². The molecular weight excluding hydrogens is 605 g/mol. The topological polar surface area (TPSA) is 13.1 Å². The molecule has 1 nitrogen and oxygen atoms in total. The normalized spacial score (nSPS) is 11.7. The third-order valence-electron chi connectivity index (χ3n) is 10.4. The zero-order valence-corrected chi connectivity index (χ0v) is 27.7. The van der Waals surface area contributed by atoms with E-state index >= 15 is 0 Å². The lowest BCUT2D eigenvalue weighted by atomic mass is 9.85. The van der Waals surface area contributed by atoms with Gasteiger partial charge in [0.1, 0.15) is 11.2 Å². The van der Waals surface area contributed by atoms with Crippen LogP contribution in [0.2, 0.25) is 0 Å². The van der Waals surface area contributed by atoms with Gasteiger partial charge in [-0.1, -0.05) is 157 Å². The van der Waals surface area contributed by atoms with E-state index in [0.717, 1.165) is 27.5 Å². The minimum Gasteiger partial charge on any atom is -0.456 e. The van der Waals surface area contributed by atoms with E-state index in [1.165, 1.54) is 76.8 Å². The molecule has 0 unspecified atom stereocenters. The molecule has 10 rings (SSSR count). The molecule has 0 spiro atoms. The molecule has 0 radical (unpaired) electrons. The van der Waals surface area contributed by atoms with Crippen molar-refractivity contribution in [3.63, 3.8) is 0 Å². The average Bonchev–Trinajstić information content (AvgIpc) is 3.54. The second kappa shape index (κ2) is 11.3. The molecule has 0 saturated carbocycles. The number of hydrogen-bond acceptors (Lipinski definition) is 1. The van der Waals surface area contributed by atoms with Gasteiger partial charge in [0.25, 0.3) is 0 Å². The summed E-state index contributed by atoms with van der Waals surface area (Å²) in [6.07, 6.45) is 0. The van der Waals surface area contributed by atoms with Crippen molar-refractivity contribution < 1.29 is 4.42 Å². The van der Waals surface area contributed by atoms with Gasteiger partial charge < -0.3 is 4.42 Å². The Labute approximate surface area is 290 Å². The number of aryl methyl sites for hydroxylation is 1. The maximum absolute atomic E-state index is 6.45. The van der Waals surface area contributed by atoms with Crippen molar-refractivity contribution in [3.8, 4) is 44.5 Å². The van der Waals surface area contributed by atoms with Crippen molar-refractivity contribution in [1.82, 2.24) is 0 Å². The van der Waals surface area contributed by atoms with Gasteiger partial charge in [-0.25, -0.2) is 0 Å². The van der Waals surface area contributed by atoms with Crippen LogP contribution in [0.25, 0.3) is 98.8 Å². The summed E-state index contributed by atoms with van der Waals surface area (Å²) in [7, 11) is 0. The summed E-state index contributed by atoms with van der Waals surface area (Å²) in [6, 6.07) is 64.0. The molecule has 0 amide bonds. The van der Waals surface area contributed by atoms with E-state index in [-0.39, 0.29) is 0 Å². The van der Waals surface area contributed by atoms with Crippen LogP contribution in [0.15, 0.2) is 180 Å². The van der Waals surface area contributed by atoms with Gasteiger partial charge in [0.2, 0.25) is 0 Å². The Morgan fingerprint density at radius 2 is 0.860 bits per heavy atom. The van der Waals surface area contributed by atoms with Gasteiger partial charge in [-0.2, -0.15) is 0 Å². The summed E-state index contributed by atoms with van der Waals surface area (Å²) in [5.74, 6) is 0. The second-order valence-corrected chi connectivity index (χ2v) is 13.3. The summed E-state index contributed by atoms with van der Waals surface area (Å²) in [5, 5.41) is 9.79. The molecule has 1 heteroatoms. The maximum Gasteiger partial charge on any atom is 0.136 e. The quantitative estimate of drug-likeness (QED) is 0.175. The van der Waals surface area contributed by atoms with Gasteiger partial charge in [0.05, 0.1) is 0 Å². The summed E-state index contributed by atoms with van der Waals surface area (Å²) in [5.41, 5.74) is 12.8. The second-order valence-electron chi connectivity index (χ2n) is 13.3. The standard InChI is InChI=1S/C49H32O/c1-31-17-19-32(20-18-31)36-25-27-40-45-29-37(26-28-46(45)50-47(40)30-36)49-43-14-6-4-12-41(43)48(42-13-5-7-15-44(42)49)35-23-21-34(22-24-35)39-16-8-10-33-9-2-3-11-38(33)39/h2-30H,1H3. The van der Waals surface area contributed by atoms with E-state index in [1.54, 1.807) is 0 Å². The molecule has 0 aliphatic rings. The smallest absolute Gasteiger partial charge is 0.136 e. The van der Waals surface area contributed by atoms with Gasteiger partial charge in [0, 0.05) is 10.8 Å². The summed E-state index contributed by atoms with van der Waals surface area (Å²) < 4.78 is 6.45. The highest BCUT2D eigenvalue weighted by molar-refractivity contribution is 6.22. The van der Waals surface area contributed by atoms with E-state index in [1.807, 2.05) is 0 Å². The van der Waals surface area contributed by atoms with Gasteiger partial charge in [0.15, 0.2) is 0 Å². The largest absolute Gasteiger partial charge is 0.456 e. The van der Waals surface area contributed by atoms with Gasteiger partial charge in [-0.3, -0.25) is 0 Å². The van der Waals surface area contributed by atoms with Crippen molar-refractivity contribution >= 4 is 54.3 Å². The number of fused-ring (bicyclic) bond motifs is 6. The molecule has 0 aliphatic heterocycles. The van der Waals surface area contributed by atoms with Crippen LogP contribution in [0.5, 0.6) is 0 Å². The minimum absolute atomic E-state index is 0.904. The lowest BCUT2D eigenvalue weighted by Crippen LogP contribution is -1.91. The Balaban J connectivity index is 1.13. The zero-order chi connectivity index (χ0) is 33.2. The first-order chi connectivity index (χ1) is 24.7. The Morgan fingerprint density at radius 3 is 1.56 bits per heavy atom. The first-order valence-electron chi connectivity index (χ1n) is 17.3. The molecule has 9 aromatic carbocycles. The van der Waals surface area contributed by atoms with Crippen molar-refractivity contribution in [2.45, 2.75) is 6.92 Å². The van der Waals surface area contributed by atoms with Crippen LogP contribution < -0.4 is 0 Å². The summed E-state index contributed by atoms with van der Waals surface area (Å²) in [6.45, 7) is 2.12. The number of benzene rings is 9. The molecule has 0 N–H and O–H groups in total. The molecule has 0 bridgehead atoms. The fraction of sp³-hybridized carbons (Fsp3) is 0.0204. The summed E-state index contributed by atoms with van der Waals surface area (Å²) >= 11 is 0. The van der Waals surface area contributed by atoms with E-state index in [0.29, 0.717) is 0 Å². The first kappa shape index (κ1) is 28.6. The first-order valence-corrected chi connectivity index (χ1v) is 17.3. The highest BCUT2D eigenvalue weighted by Crippen LogP contribution is 2.45. The molecule has 1 aromatic heterocycles. The van der Waals surface area contributed by atoms with Crippen LogP contribution >= 0.6 is 0 Å². The highest BCUT2D eigenvalue weighted by Gasteiger charge is 2.18. The molecule has 0 aliphatic carbocycles. The third-order valence-corrected chi connectivity index (χ3v) is 10.4. The Kier molecular flexibility index (Phi) is 6.47. The molecule has 234 valence electrons. The molecule has 0 atom stereocenters. The van der Waals surface area contributed by atoms with Crippen LogP contribution in [0, 0.1) is 6.92 Å². The fourth-order valence-corrected chi connectivity index (χ4v) is 7.90. The molecule has 0 saturated heterocycles. The lowest BCUT2D eigenvalue weighted by Gasteiger charge is -2.18. The molecule has 0 fully saturated rings. The van der Waals surface area contributed by atoms with Gasteiger partial charge in [-0.15, -0.1) is 0 Å². The van der Waals surface area contributed by atoms with E-state index < -0.39 is 0 Å². The predicted octanol–water partition coefficient (Wildman–Crippen LogP) is 14.0. The number of furan rings is 1. The van der Waals surface area contributed by atoms with Crippen LogP contribution in [-0.2, 0) is 0 Å². The van der Waals surface area contributed by atoms with Crippen LogP contribution in [-0.4, -0.2) is 0 Å². The van der Waals surface area contributed by atoms with Crippen molar-refractivity contribution in [3.05, 3.63) is 181 Å². The minimum atomic E-state index is 0.904. The van der Waals surface area contributed by atoms with E-state index in [4.69, 9.17) is 4.42 Å². The Bertz CT molecular complexity index is 2840. The van der Waals surface area contributed by atoms with E-state index in [2.05, 4.69) is 183 Å². The predicted molar refractivity (Wildman–Crippen MR) is 213 cm³/mol. The number of rotatable bonds is 4. The van der Waals surface area contributed by atoms with Crippen molar-refractivity contribution in [1.29, 1.82) is 0 Å². The zero-order valence-electron chi connectivity index (χ0n) is 27.7. The third kappa shape index (κ3) is 4.55.